The lowest BCUT2D eigenvalue weighted by Crippen LogP contribution is -2.50. The van der Waals surface area contributed by atoms with E-state index in [4.69, 9.17) is 4.74 Å². The highest BCUT2D eigenvalue weighted by Gasteiger charge is 2.35. The van der Waals surface area contributed by atoms with Crippen LogP contribution in [0.4, 0.5) is 18.0 Å². The molecule has 10 heteroatoms. The zero-order valence-corrected chi connectivity index (χ0v) is 16.4. The largest absolute Gasteiger partial charge is 0.444 e. The van der Waals surface area contributed by atoms with Gasteiger partial charge in [-0.25, -0.2) is 4.79 Å². The van der Waals surface area contributed by atoms with Crippen LogP contribution in [0.2, 0.25) is 0 Å². The van der Waals surface area contributed by atoms with Crippen molar-refractivity contribution in [3.05, 3.63) is 35.4 Å². The quantitative estimate of drug-likeness (QED) is 0.727. The van der Waals surface area contributed by atoms with E-state index in [0.29, 0.717) is 19.4 Å². The molecule has 0 radical (unpaired) electrons. The summed E-state index contributed by atoms with van der Waals surface area (Å²) < 4.78 is 44.3. The van der Waals surface area contributed by atoms with Crippen molar-refractivity contribution < 1.29 is 32.3 Å². The van der Waals surface area contributed by atoms with Gasteiger partial charge < -0.3 is 9.64 Å². The Balaban J connectivity index is 1.96. The van der Waals surface area contributed by atoms with Crippen LogP contribution in [0.25, 0.3) is 0 Å². The number of nitrogens with one attached hydrogen (secondary N) is 2. The average Bonchev–Trinajstić information content (AvgIpc) is 2.64. The van der Waals surface area contributed by atoms with Crippen molar-refractivity contribution in [1.29, 1.82) is 0 Å². The number of hydrogen-bond donors (Lipinski definition) is 2. The SMILES string of the molecule is CC(C)(C)OC(=O)N1CCCC(C(=O)NNC(=O)c2ccccc2C(F)(F)F)C1. The number of likely N-dealkylation sites (tertiary alicyclic amines) is 1. The molecule has 1 aromatic rings. The first-order valence-corrected chi connectivity index (χ1v) is 9.13. The monoisotopic (exact) mass is 415 g/mol. The molecular weight excluding hydrogens is 391 g/mol. The minimum absolute atomic E-state index is 0.0930. The van der Waals surface area contributed by atoms with Gasteiger partial charge in [-0.3, -0.25) is 20.4 Å². The van der Waals surface area contributed by atoms with Gasteiger partial charge in [-0.2, -0.15) is 13.2 Å². The third-order valence-corrected chi connectivity index (χ3v) is 4.22. The first-order valence-electron chi connectivity index (χ1n) is 9.13. The maximum Gasteiger partial charge on any atom is 0.417 e. The van der Waals surface area contributed by atoms with Gasteiger partial charge in [0.15, 0.2) is 0 Å². The molecule has 0 spiro atoms. The molecule has 0 aliphatic carbocycles. The molecular formula is C19H24F3N3O4. The zero-order valence-electron chi connectivity index (χ0n) is 16.4. The normalized spacial score (nSPS) is 17.4. The molecule has 160 valence electrons. The summed E-state index contributed by atoms with van der Waals surface area (Å²) in [6.07, 6.45) is -4.21. The summed E-state index contributed by atoms with van der Waals surface area (Å²) in [5, 5.41) is 0. The van der Waals surface area contributed by atoms with Gasteiger partial charge >= 0.3 is 12.3 Å². The number of alkyl halides is 3. The second-order valence-electron chi connectivity index (χ2n) is 7.75. The number of halogens is 3. The van der Waals surface area contributed by atoms with E-state index in [2.05, 4.69) is 5.43 Å². The van der Waals surface area contributed by atoms with E-state index < -0.39 is 46.7 Å². The molecule has 1 atom stereocenters. The topological polar surface area (TPSA) is 87.7 Å². The van der Waals surface area contributed by atoms with E-state index in [1.54, 1.807) is 20.8 Å². The molecule has 1 unspecified atom stereocenters. The van der Waals surface area contributed by atoms with Gasteiger partial charge in [0.25, 0.3) is 5.91 Å². The molecule has 1 heterocycles. The van der Waals surface area contributed by atoms with Crippen LogP contribution in [0.5, 0.6) is 0 Å². The predicted molar refractivity (Wildman–Crippen MR) is 97.6 cm³/mol. The predicted octanol–water partition coefficient (Wildman–Crippen LogP) is 3.11. The first-order chi connectivity index (χ1) is 13.4. The van der Waals surface area contributed by atoms with E-state index in [1.165, 1.54) is 17.0 Å². The number of hydrazine groups is 1. The molecule has 0 bridgehead atoms. The van der Waals surface area contributed by atoms with Crippen molar-refractivity contribution in [3.63, 3.8) is 0 Å². The average molecular weight is 415 g/mol. The van der Waals surface area contributed by atoms with Gasteiger partial charge in [0.1, 0.15) is 5.60 Å². The van der Waals surface area contributed by atoms with Crippen LogP contribution in [0, 0.1) is 5.92 Å². The second-order valence-corrected chi connectivity index (χ2v) is 7.75. The maximum absolute atomic E-state index is 13.0. The fourth-order valence-corrected chi connectivity index (χ4v) is 2.90. The Morgan fingerprint density at radius 3 is 2.38 bits per heavy atom. The molecule has 1 saturated heterocycles. The fourth-order valence-electron chi connectivity index (χ4n) is 2.90. The minimum Gasteiger partial charge on any atom is -0.444 e. The Morgan fingerprint density at radius 2 is 1.76 bits per heavy atom. The summed E-state index contributed by atoms with van der Waals surface area (Å²) in [4.78, 5) is 38.0. The van der Waals surface area contributed by atoms with E-state index in [9.17, 15) is 27.6 Å². The van der Waals surface area contributed by atoms with Crippen molar-refractivity contribution in [2.45, 2.75) is 45.4 Å². The Morgan fingerprint density at radius 1 is 1.10 bits per heavy atom. The molecule has 2 N–H and O–H groups in total. The summed E-state index contributed by atoms with van der Waals surface area (Å²) in [7, 11) is 0. The van der Waals surface area contributed by atoms with Crippen molar-refractivity contribution in [1.82, 2.24) is 15.8 Å². The molecule has 3 amide bonds. The molecule has 1 aromatic carbocycles. The summed E-state index contributed by atoms with van der Waals surface area (Å²) in [5.41, 5.74) is 1.80. The van der Waals surface area contributed by atoms with Gasteiger partial charge in [-0.15, -0.1) is 0 Å². The number of amides is 3. The van der Waals surface area contributed by atoms with E-state index in [1.807, 2.05) is 5.43 Å². The smallest absolute Gasteiger partial charge is 0.417 e. The number of rotatable bonds is 2. The van der Waals surface area contributed by atoms with Crippen molar-refractivity contribution in [2.24, 2.45) is 5.92 Å². The Bertz CT molecular complexity index is 775. The van der Waals surface area contributed by atoms with Crippen LogP contribution in [0.15, 0.2) is 24.3 Å². The van der Waals surface area contributed by atoms with E-state index >= 15 is 0 Å². The molecule has 1 aliphatic rings. The number of nitrogens with zero attached hydrogens (tertiary/aromatic N) is 1. The van der Waals surface area contributed by atoms with Gasteiger partial charge in [0.05, 0.1) is 17.0 Å². The van der Waals surface area contributed by atoms with Crippen molar-refractivity contribution in [3.8, 4) is 0 Å². The highest BCUT2D eigenvalue weighted by molar-refractivity contribution is 5.97. The zero-order chi connectivity index (χ0) is 21.8. The highest BCUT2D eigenvalue weighted by atomic mass is 19.4. The van der Waals surface area contributed by atoms with Crippen LogP contribution < -0.4 is 10.9 Å². The maximum atomic E-state index is 13.0. The lowest BCUT2D eigenvalue weighted by Gasteiger charge is -2.33. The van der Waals surface area contributed by atoms with Crippen LogP contribution in [-0.4, -0.2) is 41.5 Å². The van der Waals surface area contributed by atoms with Gasteiger partial charge in [-0.05, 0) is 45.7 Å². The molecule has 2 rings (SSSR count). The molecule has 1 fully saturated rings. The summed E-state index contributed by atoms with van der Waals surface area (Å²) in [6.45, 7) is 5.72. The van der Waals surface area contributed by atoms with Gasteiger partial charge in [-0.1, -0.05) is 12.1 Å². The van der Waals surface area contributed by atoms with Gasteiger partial charge in [0, 0.05) is 13.1 Å². The fraction of sp³-hybridized carbons (Fsp3) is 0.526. The Kier molecular flexibility index (Phi) is 6.76. The minimum atomic E-state index is -4.70. The van der Waals surface area contributed by atoms with Crippen LogP contribution in [-0.2, 0) is 15.7 Å². The Hall–Kier alpha value is -2.78. The molecule has 0 aromatic heterocycles. The lowest BCUT2D eigenvalue weighted by molar-refractivity contribution is -0.137. The van der Waals surface area contributed by atoms with Crippen molar-refractivity contribution >= 4 is 17.9 Å². The number of piperidine rings is 1. The summed E-state index contributed by atoms with van der Waals surface area (Å²) in [6, 6.07) is 4.28. The number of hydrogen-bond acceptors (Lipinski definition) is 4. The van der Waals surface area contributed by atoms with E-state index in [0.717, 1.165) is 12.1 Å². The first kappa shape index (κ1) is 22.5. The van der Waals surface area contributed by atoms with Crippen LogP contribution >= 0.6 is 0 Å². The third kappa shape index (κ3) is 6.37. The number of carbonyl (C=O) groups is 3. The Labute approximate surface area is 166 Å². The van der Waals surface area contributed by atoms with Gasteiger partial charge in [0.2, 0.25) is 5.91 Å². The second kappa shape index (κ2) is 8.71. The number of ether oxygens (including phenoxy) is 1. The van der Waals surface area contributed by atoms with Crippen molar-refractivity contribution in [2.75, 3.05) is 13.1 Å². The highest BCUT2D eigenvalue weighted by Crippen LogP contribution is 2.31. The van der Waals surface area contributed by atoms with Crippen LogP contribution in [0.3, 0.4) is 0 Å². The summed E-state index contributed by atoms with van der Waals surface area (Å²) >= 11 is 0. The number of benzene rings is 1. The standard InChI is InChI=1S/C19H24F3N3O4/c1-18(2,3)29-17(28)25-10-6-7-12(11-25)15(26)23-24-16(27)13-8-4-5-9-14(13)19(20,21)22/h4-5,8-9,12H,6-7,10-11H2,1-3H3,(H,23,26)(H,24,27). The lowest BCUT2D eigenvalue weighted by atomic mass is 9.98. The van der Waals surface area contributed by atoms with E-state index in [-0.39, 0.29) is 6.54 Å². The summed E-state index contributed by atoms with van der Waals surface area (Å²) in [5.74, 6) is -2.28. The molecule has 7 nitrogen and oxygen atoms in total. The van der Waals surface area contributed by atoms with Crippen LogP contribution in [0.1, 0.15) is 49.5 Å². The molecule has 29 heavy (non-hydrogen) atoms. The molecule has 0 saturated carbocycles. The molecule has 1 aliphatic heterocycles. The third-order valence-electron chi connectivity index (χ3n) is 4.22. The number of carbonyl (C=O) groups excluding carboxylic acids is 3.